The first kappa shape index (κ1) is 21.0. The van der Waals surface area contributed by atoms with Crippen molar-refractivity contribution in [3.05, 3.63) is 23.9 Å². The van der Waals surface area contributed by atoms with E-state index >= 15 is 0 Å². The minimum absolute atomic E-state index is 0.0939. The Hall–Kier alpha value is -2.31. The van der Waals surface area contributed by atoms with Gasteiger partial charge >= 0.3 is 0 Å². The molecule has 2 heterocycles. The molecule has 1 aromatic heterocycles. The molecular formula is C20H33N5O2. The Morgan fingerprint density at radius 1 is 1.15 bits per heavy atom. The highest BCUT2D eigenvalue weighted by Crippen LogP contribution is 2.17. The van der Waals surface area contributed by atoms with Gasteiger partial charge in [-0.15, -0.1) is 0 Å². The van der Waals surface area contributed by atoms with Gasteiger partial charge in [0, 0.05) is 36.9 Å². The molecule has 2 rings (SSSR count). The maximum Gasteiger partial charge on any atom is 0.266 e. The molecule has 0 aromatic carbocycles. The minimum Gasteiger partial charge on any atom is -0.381 e. The van der Waals surface area contributed by atoms with Crippen LogP contribution in [0.5, 0.6) is 0 Å². The highest BCUT2D eigenvalue weighted by atomic mass is 16.6. The van der Waals surface area contributed by atoms with Gasteiger partial charge in [-0.1, -0.05) is 5.16 Å². The molecule has 1 amide bonds. The zero-order valence-electron chi connectivity index (χ0n) is 17.2. The number of rotatable bonds is 7. The topological polar surface area (TPSA) is 84.0 Å². The SMILES string of the molecule is CC(O/N=C(/N)c1ccc(N2CCCCC2)nc1)C(=O)N(C(C)C)C(C)C. The Kier molecular flexibility index (Phi) is 7.45. The van der Waals surface area contributed by atoms with E-state index in [2.05, 4.69) is 15.0 Å². The fourth-order valence-corrected chi connectivity index (χ4v) is 3.40. The van der Waals surface area contributed by atoms with E-state index in [-0.39, 0.29) is 23.8 Å². The van der Waals surface area contributed by atoms with Crippen molar-refractivity contribution in [3.63, 3.8) is 0 Å². The van der Waals surface area contributed by atoms with E-state index in [1.54, 1.807) is 18.0 Å². The number of nitrogens with zero attached hydrogens (tertiary/aromatic N) is 4. The summed E-state index contributed by atoms with van der Waals surface area (Å²) >= 11 is 0. The number of hydrogen-bond acceptors (Lipinski definition) is 5. The smallest absolute Gasteiger partial charge is 0.266 e. The van der Waals surface area contributed by atoms with Gasteiger partial charge in [0.2, 0.25) is 6.10 Å². The first-order chi connectivity index (χ1) is 12.8. The number of nitrogens with two attached hydrogens (primary N) is 1. The Balaban J connectivity index is 1.98. The normalized spacial score (nSPS) is 16.6. The molecule has 27 heavy (non-hydrogen) atoms. The summed E-state index contributed by atoms with van der Waals surface area (Å²) in [5.74, 6) is 1.07. The van der Waals surface area contributed by atoms with E-state index in [0.717, 1.165) is 18.9 Å². The lowest BCUT2D eigenvalue weighted by Crippen LogP contribution is -2.46. The third kappa shape index (κ3) is 5.58. The van der Waals surface area contributed by atoms with Gasteiger partial charge in [-0.3, -0.25) is 4.79 Å². The molecule has 1 aromatic rings. The van der Waals surface area contributed by atoms with Crippen LogP contribution in [0.2, 0.25) is 0 Å². The standard InChI is InChI=1S/C20H33N5O2/c1-14(2)25(15(3)4)20(26)16(5)27-23-19(21)17-9-10-18(22-13-17)24-11-7-6-8-12-24/h9-10,13-16H,6-8,11-12H2,1-5H3,(H2,21,23). The Morgan fingerprint density at radius 2 is 1.78 bits per heavy atom. The number of oxime groups is 1. The quantitative estimate of drug-likeness (QED) is 0.450. The minimum atomic E-state index is -0.700. The lowest BCUT2D eigenvalue weighted by atomic mass is 10.1. The fourth-order valence-electron chi connectivity index (χ4n) is 3.40. The molecule has 150 valence electrons. The summed E-state index contributed by atoms with van der Waals surface area (Å²) in [4.78, 5) is 26.5. The summed E-state index contributed by atoms with van der Waals surface area (Å²) in [6, 6.07) is 4.03. The highest BCUT2D eigenvalue weighted by molar-refractivity contribution is 5.97. The van der Waals surface area contributed by atoms with Gasteiger partial charge in [0.1, 0.15) is 5.82 Å². The van der Waals surface area contributed by atoms with Crippen LogP contribution in [0.1, 0.15) is 59.4 Å². The van der Waals surface area contributed by atoms with Gasteiger partial charge < -0.3 is 20.4 Å². The van der Waals surface area contributed by atoms with Crippen LogP contribution in [-0.2, 0) is 9.63 Å². The highest BCUT2D eigenvalue weighted by Gasteiger charge is 2.26. The summed E-state index contributed by atoms with van der Waals surface area (Å²) in [5.41, 5.74) is 6.69. The van der Waals surface area contributed by atoms with Gasteiger partial charge in [-0.05, 0) is 66.0 Å². The zero-order chi connectivity index (χ0) is 20.0. The molecule has 7 heteroatoms. The van der Waals surface area contributed by atoms with Crippen LogP contribution in [0.15, 0.2) is 23.5 Å². The summed E-state index contributed by atoms with van der Waals surface area (Å²) in [6.45, 7) is 11.7. The molecule has 1 aliphatic heterocycles. The van der Waals surface area contributed by atoms with Crippen LogP contribution >= 0.6 is 0 Å². The van der Waals surface area contributed by atoms with Gasteiger partial charge in [0.25, 0.3) is 5.91 Å². The number of aromatic nitrogens is 1. The molecule has 0 aliphatic carbocycles. The summed E-state index contributed by atoms with van der Waals surface area (Å²) in [7, 11) is 0. The van der Waals surface area contributed by atoms with Crippen LogP contribution < -0.4 is 10.6 Å². The molecular weight excluding hydrogens is 342 g/mol. The second-order valence-electron chi connectivity index (χ2n) is 7.61. The van der Waals surface area contributed by atoms with E-state index in [0.29, 0.717) is 5.56 Å². The largest absolute Gasteiger partial charge is 0.381 e. The number of pyridine rings is 1. The first-order valence-corrected chi connectivity index (χ1v) is 9.84. The van der Waals surface area contributed by atoms with Crippen molar-refractivity contribution in [2.45, 2.75) is 72.1 Å². The number of amides is 1. The second kappa shape index (κ2) is 9.58. The van der Waals surface area contributed by atoms with E-state index in [9.17, 15) is 4.79 Å². The van der Waals surface area contributed by atoms with Crippen LogP contribution in [0, 0.1) is 0 Å². The Morgan fingerprint density at radius 3 is 2.30 bits per heavy atom. The first-order valence-electron chi connectivity index (χ1n) is 9.84. The second-order valence-corrected chi connectivity index (χ2v) is 7.61. The molecule has 0 saturated carbocycles. The third-order valence-electron chi connectivity index (χ3n) is 4.75. The van der Waals surface area contributed by atoms with E-state index in [1.165, 1.54) is 19.3 Å². The van der Waals surface area contributed by atoms with E-state index in [1.807, 2.05) is 39.8 Å². The molecule has 1 aliphatic rings. The molecule has 0 radical (unpaired) electrons. The molecule has 0 spiro atoms. The van der Waals surface area contributed by atoms with Crippen LogP contribution in [0.25, 0.3) is 0 Å². The van der Waals surface area contributed by atoms with Crippen molar-refractivity contribution in [1.82, 2.24) is 9.88 Å². The maximum absolute atomic E-state index is 12.6. The van der Waals surface area contributed by atoms with Crippen molar-refractivity contribution in [2.75, 3.05) is 18.0 Å². The van der Waals surface area contributed by atoms with Crippen molar-refractivity contribution in [2.24, 2.45) is 10.9 Å². The molecule has 2 N–H and O–H groups in total. The van der Waals surface area contributed by atoms with Gasteiger partial charge in [0.05, 0.1) is 0 Å². The van der Waals surface area contributed by atoms with Crippen molar-refractivity contribution >= 4 is 17.6 Å². The molecule has 0 bridgehead atoms. The summed E-state index contributed by atoms with van der Waals surface area (Å²) in [6.07, 6.45) is 4.70. The maximum atomic E-state index is 12.6. The monoisotopic (exact) mass is 375 g/mol. The lowest BCUT2D eigenvalue weighted by molar-refractivity contribution is -0.146. The van der Waals surface area contributed by atoms with Gasteiger partial charge in [-0.25, -0.2) is 4.98 Å². The Labute approximate surface area is 162 Å². The molecule has 7 nitrogen and oxygen atoms in total. The van der Waals surface area contributed by atoms with Crippen molar-refractivity contribution in [3.8, 4) is 0 Å². The summed E-state index contributed by atoms with van der Waals surface area (Å²) in [5, 5.41) is 3.95. The predicted octanol–water partition coefficient (Wildman–Crippen LogP) is 2.74. The molecule has 1 saturated heterocycles. The lowest BCUT2D eigenvalue weighted by Gasteiger charge is -2.32. The third-order valence-corrected chi connectivity index (χ3v) is 4.75. The number of carbonyl (C=O) groups is 1. The van der Waals surface area contributed by atoms with Gasteiger partial charge in [0.15, 0.2) is 5.84 Å². The van der Waals surface area contributed by atoms with E-state index in [4.69, 9.17) is 10.6 Å². The predicted molar refractivity (Wildman–Crippen MR) is 109 cm³/mol. The zero-order valence-corrected chi connectivity index (χ0v) is 17.2. The number of anilines is 1. The van der Waals surface area contributed by atoms with Crippen LogP contribution in [-0.4, -0.2) is 52.9 Å². The van der Waals surface area contributed by atoms with Crippen LogP contribution in [0.4, 0.5) is 5.82 Å². The Bertz CT molecular complexity index is 628. The summed E-state index contributed by atoms with van der Waals surface area (Å²) < 4.78 is 0. The van der Waals surface area contributed by atoms with Crippen LogP contribution in [0.3, 0.4) is 0 Å². The number of amidine groups is 1. The molecule has 1 unspecified atom stereocenters. The number of carbonyl (C=O) groups excluding carboxylic acids is 1. The molecule has 1 atom stereocenters. The van der Waals surface area contributed by atoms with Crippen molar-refractivity contribution < 1.29 is 9.63 Å². The fraction of sp³-hybridized carbons (Fsp3) is 0.650. The van der Waals surface area contributed by atoms with Gasteiger partial charge in [-0.2, -0.15) is 0 Å². The van der Waals surface area contributed by atoms with Crippen molar-refractivity contribution in [1.29, 1.82) is 0 Å². The number of hydrogen-bond donors (Lipinski definition) is 1. The number of piperidine rings is 1. The van der Waals surface area contributed by atoms with E-state index < -0.39 is 6.10 Å². The average molecular weight is 376 g/mol. The molecule has 1 fully saturated rings. The average Bonchev–Trinajstić information content (AvgIpc) is 2.66.